The third kappa shape index (κ3) is 2.24. The molecule has 0 radical (unpaired) electrons. The van der Waals surface area contributed by atoms with Crippen LogP contribution in [-0.2, 0) is 19.1 Å². The number of allylic oxidation sites excluding steroid dienone is 4. The van der Waals surface area contributed by atoms with E-state index in [1.807, 2.05) is 6.08 Å². The van der Waals surface area contributed by atoms with Crippen molar-refractivity contribution in [3.8, 4) is 0 Å². The van der Waals surface area contributed by atoms with Crippen LogP contribution in [0.1, 0.15) is 59.8 Å². The van der Waals surface area contributed by atoms with Crippen LogP contribution in [0.25, 0.3) is 0 Å². The fourth-order valence-electron chi connectivity index (χ4n) is 8.03. The number of ketones is 2. The molecule has 0 aromatic heterocycles. The standard InChI is InChI=1S/C24H29ClO4/c1-12(26)24(29-13(2)27)8-6-16-14-10-20(25)19-11-21(28)15-9-18(15)23(19,4)17(14)5-7-22(16,24)3/h10-11,14-18H,5-9H2,1-4H3/t14-,15+,16+,17-,18-,22+,23-,24-/m0/s1. The van der Waals surface area contributed by atoms with Gasteiger partial charge in [-0.1, -0.05) is 31.5 Å². The van der Waals surface area contributed by atoms with E-state index in [-0.39, 0.29) is 46.1 Å². The zero-order valence-electron chi connectivity index (χ0n) is 17.6. The lowest BCUT2D eigenvalue weighted by Crippen LogP contribution is -2.58. The van der Waals surface area contributed by atoms with Crippen LogP contribution in [0.4, 0.5) is 0 Å². The Bertz CT molecular complexity index is 903. The second-order valence-electron chi connectivity index (χ2n) is 10.5. The van der Waals surface area contributed by atoms with Gasteiger partial charge in [-0.3, -0.25) is 14.4 Å². The number of hydrogen-bond acceptors (Lipinski definition) is 4. The smallest absolute Gasteiger partial charge is 0.303 e. The first kappa shape index (κ1) is 19.5. The molecular weight excluding hydrogens is 388 g/mol. The average molecular weight is 417 g/mol. The maximum absolute atomic E-state index is 12.8. The molecule has 5 aliphatic carbocycles. The molecule has 0 spiro atoms. The zero-order chi connectivity index (χ0) is 20.9. The molecule has 0 heterocycles. The van der Waals surface area contributed by atoms with Crippen LogP contribution in [0, 0.1) is 40.4 Å². The molecular formula is C24H29ClO4. The quantitative estimate of drug-likeness (QED) is 0.617. The Labute approximate surface area is 177 Å². The van der Waals surface area contributed by atoms with E-state index in [1.165, 1.54) is 6.92 Å². The van der Waals surface area contributed by atoms with Gasteiger partial charge < -0.3 is 4.74 Å². The monoisotopic (exact) mass is 416 g/mol. The van der Waals surface area contributed by atoms with Crippen molar-refractivity contribution in [1.82, 2.24) is 0 Å². The van der Waals surface area contributed by atoms with Gasteiger partial charge in [0.1, 0.15) is 0 Å². The molecule has 0 N–H and O–H groups in total. The Kier molecular flexibility index (Phi) is 3.93. The maximum atomic E-state index is 12.8. The summed E-state index contributed by atoms with van der Waals surface area (Å²) in [6.07, 6.45) is 8.18. The SMILES string of the molecule is CC(=O)O[C@]1(C(C)=O)CC[C@@H]2[C@@H]3C=C(Cl)C4=CC(=O)[C@@H]5C[C@@H]5[C@]4(C)[C@H]3CC[C@]21C. The molecule has 0 aromatic carbocycles. The Morgan fingerprint density at radius 2 is 1.79 bits per heavy atom. The summed E-state index contributed by atoms with van der Waals surface area (Å²) in [5.74, 6) is 1.27. The number of fused-ring (bicyclic) bond motifs is 7. The predicted octanol–water partition coefficient (Wildman–Crippen LogP) is 4.61. The first-order chi connectivity index (χ1) is 13.6. The number of hydrogen-bond donors (Lipinski definition) is 0. The molecule has 0 aliphatic heterocycles. The van der Waals surface area contributed by atoms with Gasteiger partial charge in [0.25, 0.3) is 0 Å². The lowest BCUT2D eigenvalue weighted by Gasteiger charge is -2.57. The minimum Gasteiger partial charge on any atom is -0.451 e. The Morgan fingerprint density at radius 3 is 2.45 bits per heavy atom. The topological polar surface area (TPSA) is 60.4 Å². The maximum Gasteiger partial charge on any atom is 0.303 e. The lowest BCUT2D eigenvalue weighted by atomic mass is 9.47. The van der Waals surface area contributed by atoms with Gasteiger partial charge in [-0.05, 0) is 74.3 Å². The van der Waals surface area contributed by atoms with Gasteiger partial charge in [0.15, 0.2) is 17.2 Å². The number of Topliss-reactive ketones (excluding diaryl/α,β-unsaturated/α-hetero) is 1. The van der Waals surface area contributed by atoms with Gasteiger partial charge in [-0.2, -0.15) is 0 Å². The van der Waals surface area contributed by atoms with E-state index < -0.39 is 5.60 Å². The summed E-state index contributed by atoms with van der Waals surface area (Å²) >= 11 is 6.79. The zero-order valence-corrected chi connectivity index (χ0v) is 18.3. The number of carbonyl (C=O) groups excluding carboxylic acids is 3. The van der Waals surface area contributed by atoms with E-state index in [9.17, 15) is 14.4 Å². The summed E-state index contributed by atoms with van der Waals surface area (Å²) < 4.78 is 5.82. The highest BCUT2D eigenvalue weighted by Gasteiger charge is 2.70. The van der Waals surface area contributed by atoms with Crippen molar-refractivity contribution >= 4 is 29.1 Å². The highest BCUT2D eigenvalue weighted by atomic mass is 35.5. The molecule has 0 saturated heterocycles. The Hall–Kier alpha value is -1.42. The van der Waals surface area contributed by atoms with Crippen LogP contribution in [-0.4, -0.2) is 23.1 Å². The first-order valence-electron chi connectivity index (χ1n) is 10.9. The van der Waals surface area contributed by atoms with Crippen LogP contribution in [0.5, 0.6) is 0 Å². The van der Waals surface area contributed by atoms with Crippen LogP contribution >= 0.6 is 11.6 Å². The summed E-state index contributed by atoms with van der Waals surface area (Å²) in [6, 6.07) is 0. The Balaban J connectivity index is 1.60. The van der Waals surface area contributed by atoms with Crippen molar-refractivity contribution in [2.75, 3.05) is 0 Å². The molecule has 0 bridgehead atoms. The van der Waals surface area contributed by atoms with Gasteiger partial charge in [0.2, 0.25) is 0 Å². The first-order valence-corrected chi connectivity index (χ1v) is 11.3. The highest BCUT2D eigenvalue weighted by molar-refractivity contribution is 6.32. The molecule has 156 valence electrons. The van der Waals surface area contributed by atoms with Crippen LogP contribution < -0.4 is 0 Å². The minimum absolute atomic E-state index is 0.0423. The molecule has 5 heteroatoms. The van der Waals surface area contributed by atoms with E-state index in [2.05, 4.69) is 19.9 Å². The van der Waals surface area contributed by atoms with Crippen LogP contribution in [0.2, 0.25) is 0 Å². The number of ether oxygens (including phenoxy) is 1. The molecule has 0 aromatic rings. The summed E-state index contributed by atoms with van der Waals surface area (Å²) in [7, 11) is 0. The number of esters is 1. The predicted molar refractivity (Wildman–Crippen MR) is 109 cm³/mol. The molecule has 29 heavy (non-hydrogen) atoms. The van der Waals surface area contributed by atoms with E-state index in [0.29, 0.717) is 23.3 Å². The van der Waals surface area contributed by atoms with Gasteiger partial charge >= 0.3 is 5.97 Å². The van der Waals surface area contributed by atoms with Gasteiger partial charge in [-0.15, -0.1) is 0 Å². The number of carbonyl (C=O) groups is 3. The molecule has 3 fully saturated rings. The second kappa shape index (κ2) is 5.84. The lowest BCUT2D eigenvalue weighted by molar-refractivity contribution is -0.185. The van der Waals surface area contributed by atoms with Gasteiger partial charge in [0, 0.05) is 28.7 Å². The highest BCUT2D eigenvalue weighted by Crippen LogP contribution is 2.72. The average Bonchev–Trinajstić information content (AvgIpc) is 3.39. The summed E-state index contributed by atoms with van der Waals surface area (Å²) in [4.78, 5) is 37.1. The molecule has 0 amide bonds. The summed E-state index contributed by atoms with van der Waals surface area (Å²) in [6.45, 7) is 7.42. The fraction of sp³-hybridized carbons (Fsp3) is 0.708. The fourth-order valence-corrected chi connectivity index (χ4v) is 8.43. The molecule has 3 saturated carbocycles. The number of rotatable bonds is 2. The second-order valence-corrected chi connectivity index (χ2v) is 10.9. The third-order valence-electron chi connectivity index (χ3n) is 9.50. The molecule has 5 aliphatic rings. The minimum atomic E-state index is -1.03. The number of halogens is 1. The van der Waals surface area contributed by atoms with Crippen molar-refractivity contribution in [1.29, 1.82) is 0 Å². The molecule has 8 atom stereocenters. The van der Waals surface area contributed by atoms with Crippen LogP contribution in [0.15, 0.2) is 22.8 Å². The third-order valence-corrected chi connectivity index (χ3v) is 9.83. The van der Waals surface area contributed by atoms with Crippen molar-refractivity contribution in [3.63, 3.8) is 0 Å². The van der Waals surface area contributed by atoms with Crippen LogP contribution in [0.3, 0.4) is 0 Å². The molecule has 0 unspecified atom stereocenters. The molecule has 4 nitrogen and oxygen atoms in total. The van der Waals surface area contributed by atoms with Crippen molar-refractivity contribution in [2.45, 2.75) is 65.4 Å². The Morgan fingerprint density at radius 1 is 1.10 bits per heavy atom. The van der Waals surface area contributed by atoms with Gasteiger partial charge in [-0.25, -0.2) is 0 Å². The van der Waals surface area contributed by atoms with E-state index in [1.54, 1.807) is 6.92 Å². The normalized spacial score (nSPS) is 49.7. The summed E-state index contributed by atoms with van der Waals surface area (Å²) in [5, 5.41) is 0.713. The van der Waals surface area contributed by atoms with Gasteiger partial charge in [0.05, 0.1) is 0 Å². The van der Waals surface area contributed by atoms with E-state index in [4.69, 9.17) is 16.3 Å². The van der Waals surface area contributed by atoms with E-state index in [0.717, 1.165) is 31.3 Å². The van der Waals surface area contributed by atoms with Crippen molar-refractivity contribution < 1.29 is 19.1 Å². The van der Waals surface area contributed by atoms with Crippen molar-refractivity contribution in [3.05, 3.63) is 22.8 Å². The van der Waals surface area contributed by atoms with E-state index >= 15 is 0 Å². The largest absolute Gasteiger partial charge is 0.451 e. The molecule has 5 rings (SSSR count). The summed E-state index contributed by atoms with van der Waals surface area (Å²) in [5.41, 5.74) is -0.455. The van der Waals surface area contributed by atoms with Crippen molar-refractivity contribution in [2.24, 2.45) is 40.4 Å².